The van der Waals surface area contributed by atoms with E-state index in [9.17, 15) is 0 Å². The minimum Gasteiger partial charge on any atom is -0.398 e. The Kier molecular flexibility index (Phi) is 1.96. The SMILES string of the molecule is CC(C)c1cc(N)c2ccsc2n1. The zero-order valence-corrected chi connectivity index (χ0v) is 8.56. The van der Waals surface area contributed by atoms with E-state index in [0.29, 0.717) is 5.92 Å². The van der Waals surface area contributed by atoms with Crippen LogP contribution in [-0.4, -0.2) is 4.98 Å². The summed E-state index contributed by atoms with van der Waals surface area (Å²) < 4.78 is 0. The van der Waals surface area contributed by atoms with Crippen LogP contribution >= 0.6 is 11.3 Å². The number of nitrogens with zero attached hydrogens (tertiary/aromatic N) is 1. The Morgan fingerprint density at radius 1 is 1.46 bits per heavy atom. The predicted octanol–water partition coefficient (Wildman–Crippen LogP) is 3.00. The van der Waals surface area contributed by atoms with Gasteiger partial charge in [-0.2, -0.15) is 0 Å². The maximum atomic E-state index is 5.91. The summed E-state index contributed by atoms with van der Waals surface area (Å²) in [5.41, 5.74) is 7.82. The fourth-order valence-corrected chi connectivity index (χ4v) is 2.09. The second-order valence-electron chi connectivity index (χ2n) is 3.43. The first-order valence-electron chi connectivity index (χ1n) is 4.32. The van der Waals surface area contributed by atoms with Crippen molar-refractivity contribution in [1.29, 1.82) is 0 Å². The van der Waals surface area contributed by atoms with Gasteiger partial charge in [-0.25, -0.2) is 4.98 Å². The van der Waals surface area contributed by atoms with Crippen molar-refractivity contribution >= 4 is 27.2 Å². The molecular formula is C10H12N2S. The number of thiophene rings is 1. The number of hydrogen-bond donors (Lipinski definition) is 1. The van der Waals surface area contributed by atoms with Gasteiger partial charge in [0.25, 0.3) is 0 Å². The fourth-order valence-electron chi connectivity index (χ4n) is 1.29. The van der Waals surface area contributed by atoms with Gasteiger partial charge < -0.3 is 5.73 Å². The van der Waals surface area contributed by atoms with Gasteiger partial charge in [0.2, 0.25) is 0 Å². The third-order valence-electron chi connectivity index (χ3n) is 2.08. The monoisotopic (exact) mass is 192 g/mol. The minimum absolute atomic E-state index is 0.439. The molecule has 0 unspecified atom stereocenters. The number of fused-ring (bicyclic) bond motifs is 1. The zero-order chi connectivity index (χ0) is 9.42. The van der Waals surface area contributed by atoms with E-state index in [1.54, 1.807) is 11.3 Å². The van der Waals surface area contributed by atoms with Crippen LogP contribution < -0.4 is 5.73 Å². The van der Waals surface area contributed by atoms with Gasteiger partial charge in [-0.1, -0.05) is 13.8 Å². The van der Waals surface area contributed by atoms with Gasteiger partial charge in [0, 0.05) is 16.8 Å². The summed E-state index contributed by atoms with van der Waals surface area (Å²) in [7, 11) is 0. The Balaban J connectivity index is 2.70. The summed E-state index contributed by atoms with van der Waals surface area (Å²) in [4.78, 5) is 5.58. The molecule has 0 amide bonds. The van der Waals surface area contributed by atoms with Crippen molar-refractivity contribution in [3.05, 3.63) is 23.2 Å². The summed E-state index contributed by atoms with van der Waals surface area (Å²) in [6.45, 7) is 4.25. The third kappa shape index (κ3) is 1.40. The molecule has 0 bridgehead atoms. The number of hydrogen-bond acceptors (Lipinski definition) is 3. The summed E-state index contributed by atoms with van der Waals surface area (Å²) >= 11 is 1.64. The Bertz CT molecular complexity index is 431. The lowest BCUT2D eigenvalue weighted by atomic mass is 10.1. The number of rotatable bonds is 1. The highest BCUT2D eigenvalue weighted by Crippen LogP contribution is 2.27. The molecule has 0 spiro atoms. The highest BCUT2D eigenvalue weighted by Gasteiger charge is 2.06. The predicted molar refractivity (Wildman–Crippen MR) is 58.1 cm³/mol. The number of nitrogen functional groups attached to an aromatic ring is 1. The summed E-state index contributed by atoms with van der Waals surface area (Å²) in [5, 5.41) is 3.10. The molecule has 2 heterocycles. The Morgan fingerprint density at radius 3 is 2.92 bits per heavy atom. The molecule has 0 aliphatic rings. The average Bonchev–Trinajstić information content (AvgIpc) is 2.51. The fraction of sp³-hybridized carbons (Fsp3) is 0.300. The van der Waals surface area contributed by atoms with E-state index in [0.717, 1.165) is 21.6 Å². The summed E-state index contributed by atoms with van der Waals surface area (Å²) in [6.07, 6.45) is 0. The van der Waals surface area contributed by atoms with E-state index in [1.807, 2.05) is 17.5 Å². The Morgan fingerprint density at radius 2 is 2.23 bits per heavy atom. The van der Waals surface area contributed by atoms with Gasteiger partial charge in [-0.05, 0) is 23.4 Å². The van der Waals surface area contributed by atoms with Crippen LogP contribution in [0.25, 0.3) is 10.2 Å². The second kappa shape index (κ2) is 3.00. The number of anilines is 1. The summed E-state index contributed by atoms with van der Waals surface area (Å²) in [5.74, 6) is 0.439. The molecule has 0 radical (unpaired) electrons. The molecule has 0 aliphatic heterocycles. The van der Waals surface area contributed by atoms with Gasteiger partial charge in [0.15, 0.2) is 0 Å². The van der Waals surface area contributed by atoms with Crippen molar-refractivity contribution in [3.8, 4) is 0 Å². The topological polar surface area (TPSA) is 38.9 Å². The number of pyridine rings is 1. The van der Waals surface area contributed by atoms with Crippen LogP contribution in [0.4, 0.5) is 5.69 Å². The van der Waals surface area contributed by atoms with Crippen molar-refractivity contribution in [2.75, 3.05) is 5.73 Å². The molecule has 68 valence electrons. The standard InChI is InChI=1S/C10H12N2S/c1-6(2)9-5-8(11)7-3-4-13-10(7)12-9/h3-6H,1-2H3,(H2,11,12). The quantitative estimate of drug-likeness (QED) is 0.754. The van der Waals surface area contributed by atoms with Gasteiger partial charge in [-0.15, -0.1) is 11.3 Å². The normalized spacial score (nSPS) is 11.3. The lowest BCUT2D eigenvalue weighted by Gasteiger charge is -2.05. The third-order valence-corrected chi connectivity index (χ3v) is 2.89. The highest BCUT2D eigenvalue weighted by molar-refractivity contribution is 7.16. The molecule has 0 saturated heterocycles. The number of aromatic nitrogens is 1. The molecule has 2 rings (SSSR count). The average molecular weight is 192 g/mol. The van der Waals surface area contributed by atoms with Gasteiger partial charge >= 0.3 is 0 Å². The van der Waals surface area contributed by atoms with Crippen LogP contribution in [0, 0.1) is 0 Å². The largest absolute Gasteiger partial charge is 0.398 e. The maximum Gasteiger partial charge on any atom is 0.125 e. The molecule has 0 aliphatic carbocycles. The van der Waals surface area contributed by atoms with E-state index in [-0.39, 0.29) is 0 Å². The second-order valence-corrected chi connectivity index (χ2v) is 4.33. The van der Waals surface area contributed by atoms with E-state index < -0.39 is 0 Å². The van der Waals surface area contributed by atoms with Crippen LogP contribution in [0.15, 0.2) is 17.5 Å². The van der Waals surface area contributed by atoms with Crippen molar-refractivity contribution in [1.82, 2.24) is 4.98 Å². The van der Waals surface area contributed by atoms with Crippen molar-refractivity contribution < 1.29 is 0 Å². The van der Waals surface area contributed by atoms with Crippen molar-refractivity contribution in [2.45, 2.75) is 19.8 Å². The molecule has 2 aromatic rings. The van der Waals surface area contributed by atoms with E-state index in [1.165, 1.54) is 0 Å². The highest BCUT2D eigenvalue weighted by atomic mass is 32.1. The molecule has 2 nitrogen and oxygen atoms in total. The van der Waals surface area contributed by atoms with Gasteiger partial charge in [0.05, 0.1) is 0 Å². The summed E-state index contributed by atoms with van der Waals surface area (Å²) in [6, 6.07) is 3.99. The first kappa shape index (κ1) is 8.51. The van der Waals surface area contributed by atoms with Crippen LogP contribution in [0.2, 0.25) is 0 Å². The maximum absolute atomic E-state index is 5.91. The Hall–Kier alpha value is -1.09. The van der Waals surface area contributed by atoms with Gasteiger partial charge in [-0.3, -0.25) is 0 Å². The first-order valence-corrected chi connectivity index (χ1v) is 5.20. The molecule has 0 fully saturated rings. The molecule has 13 heavy (non-hydrogen) atoms. The van der Waals surface area contributed by atoms with Crippen molar-refractivity contribution in [2.24, 2.45) is 0 Å². The smallest absolute Gasteiger partial charge is 0.125 e. The molecule has 3 heteroatoms. The zero-order valence-electron chi connectivity index (χ0n) is 7.74. The molecule has 0 aromatic carbocycles. The molecular weight excluding hydrogens is 180 g/mol. The molecule has 0 saturated carbocycles. The van der Waals surface area contributed by atoms with E-state index >= 15 is 0 Å². The lowest BCUT2D eigenvalue weighted by molar-refractivity contribution is 0.832. The molecule has 0 atom stereocenters. The van der Waals surface area contributed by atoms with Crippen LogP contribution in [0.1, 0.15) is 25.5 Å². The van der Waals surface area contributed by atoms with E-state index in [2.05, 4.69) is 18.8 Å². The number of nitrogens with two attached hydrogens (primary N) is 1. The lowest BCUT2D eigenvalue weighted by Crippen LogP contribution is -1.95. The van der Waals surface area contributed by atoms with Crippen LogP contribution in [0.5, 0.6) is 0 Å². The molecule has 2 aromatic heterocycles. The van der Waals surface area contributed by atoms with Crippen molar-refractivity contribution in [3.63, 3.8) is 0 Å². The Labute approximate surface area is 81.4 Å². The first-order chi connectivity index (χ1) is 6.18. The van der Waals surface area contributed by atoms with Crippen LogP contribution in [0.3, 0.4) is 0 Å². The van der Waals surface area contributed by atoms with Crippen LogP contribution in [-0.2, 0) is 0 Å². The van der Waals surface area contributed by atoms with Gasteiger partial charge in [0.1, 0.15) is 4.83 Å². The molecule has 2 N–H and O–H groups in total. The van der Waals surface area contributed by atoms with E-state index in [4.69, 9.17) is 5.73 Å². The minimum atomic E-state index is 0.439.